The predicted molar refractivity (Wildman–Crippen MR) is 90.0 cm³/mol. The maximum absolute atomic E-state index is 6.41. The van der Waals surface area contributed by atoms with E-state index in [0.717, 1.165) is 12.8 Å². The van der Waals surface area contributed by atoms with Crippen molar-refractivity contribution >= 4 is 0 Å². The van der Waals surface area contributed by atoms with E-state index < -0.39 is 5.79 Å². The molecule has 2 atom stereocenters. The van der Waals surface area contributed by atoms with Gasteiger partial charge < -0.3 is 14.0 Å². The zero-order chi connectivity index (χ0) is 16.3. The fraction of sp³-hybridized carbons (Fsp3) is 0.526. The number of aromatic nitrogens is 2. The van der Waals surface area contributed by atoms with E-state index in [1.165, 1.54) is 5.56 Å². The maximum Gasteiger partial charge on any atom is 0.186 e. The summed E-state index contributed by atoms with van der Waals surface area (Å²) in [6.07, 6.45) is 7.48. The van der Waals surface area contributed by atoms with Crippen LogP contribution in [0.4, 0.5) is 0 Å². The molecule has 1 saturated heterocycles. The highest BCUT2D eigenvalue weighted by atomic mass is 16.7. The van der Waals surface area contributed by atoms with E-state index in [9.17, 15) is 0 Å². The quantitative estimate of drug-likeness (QED) is 0.845. The molecular weight excluding hydrogens is 288 g/mol. The first-order valence-corrected chi connectivity index (χ1v) is 8.31. The standard InChI is InChI=1S/C19H26N2O2/c1-16-18(2,3)14-22-19(23-16,13-21-12-11-20-15-21)10-9-17-7-5-4-6-8-17/h4-8,11-12,15-16H,9-10,13-14H2,1-3H3. The molecule has 23 heavy (non-hydrogen) atoms. The Morgan fingerprint density at radius 1 is 1.26 bits per heavy atom. The Morgan fingerprint density at radius 2 is 2.04 bits per heavy atom. The molecule has 1 aliphatic heterocycles. The molecule has 0 bridgehead atoms. The van der Waals surface area contributed by atoms with Gasteiger partial charge in [-0.25, -0.2) is 4.98 Å². The second-order valence-corrected chi connectivity index (χ2v) is 7.17. The molecule has 0 spiro atoms. The zero-order valence-electron chi connectivity index (χ0n) is 14.2. The van der Waals surface area contributed by atoms with E-state index in [1.807, 2.05) is 23.2 Å². The van der Waals surface area contributed by atoms with Crippen LogP contribution in [0.15, 0.2) is 49.1 Å². The molecular formula is C19H26N2O2. The average Bonchev–Trinajstić information content (AvgIpc) is 3.04. The summed E-state index contributed by atoms with van der Waals surface area (Å²) in [7, 11) is 0. The largest absolute Gasteiger partial charge is 0.347 e. The fourth-order valence-corrected chi connectivity index (χ4v) is 2.88. The van der Waals surface area contributed by atoms with E-state index in [0.29, 0.717) is 13.2 Å². The number of aryl methyl sites for hydroxylation is 1. The molecule has 0 N–H and O–H groups in total. The first-order chi connectivity index (χ1) is 11.0. The highest BCUT2D eigenvalue weighted by Crippen LogP contribution is 2.38. The minimum Gasteiger partial charge on any atom is -0.347 e. The summed E-state index contributed by atoms with van der Waals surface area (Å²) < 4.78 is 14.7. The summed E-state index contributed by atoms with van der Waals surface area (Å²) in [6.45, 7) is 7.90. The second kappa shape index (κ2) is 6.46. The van der Waals surface area contributed by atoms with Crippen LogP contribution in [0.3, 0.4) is 0 Å². The van der Waals surface area contributed by atoms with Crippen molar-refractivity contribution in [2.45, 2.75) is 52.0 Å². The van der Waals surface area contributed by atoms with Crippen LogP contribution in [0.2, 0.25) is 0 Å². The molecule has 4 heteroatoms. The Kier molecular flexibility index (Phi) is 4.55. The van der Waals surface area contributed by atoms with E-state index in [1.54, 1.807) is 6.20 Å². The van der Waals surface area contributed by atoms with Crippen molar-refractivity contribution < 1.29 is 9.47 Å². The minimum atomic E-state index is -0.592. The van der Waals surface area contributed by atoms with Crippen molar-refractivity contribution in [3.05, 3.63) is 54.6 Å². The molecule has 2 aromatic rings. The van der Waals surface area contributed by atoms with Crippen LogP contribution in [0.5, 0.6) is 0 Å². The van der Waals surface area contributed by atoms with Gasteiger partial charge in [0.15, 0.2) is 5.79 Å². The molecule has 1 fully saturated rings. The Balaban J connectivity index is 1.76. The molecule has 2 heterocycles. The SMILES string of the molecule is CC1OC(CCc2ccccc2)(Cn2ccnc2)OCC1(C)C. The monoisotopic (exact) mass is 314 g/mol. The van der Waals surface area contributed by atoms with Gasteiger partial charge in [-0.1, -0.05) is 44.2 Å². The summed E-state index contributed by atoms with van der Waals surface area (Å²) in [5.74, 6) is -0.592. The third-order valence-corrected chi connectivity index (χ3v) is 4.82. The molecule has 2 unspecified atom stereocenters. The molecule has 0 amide bonds. The van der Waals surface area contributed by atoms with Crippen molar-refractivity contribution in [1.82, 2.24) is 9.55 Å². The summed E-state index contributed by atoms with van der Waals surface area (Å²) in [6, 6.07) is 10.5. The third-order valence-electron chi connectivity index (χ3n) is 4.82. The topological polar surface area (TPSA) is 36.3 Å². The molecule has 1 aromatic carbocycles. The molecule has 3 rings (SSSR count). The third kappa shape index (κ3) is 3.82. The Hall–Kier alpha value is -1.65. The van der Waals surface area contributed by atoms with Gasteiger partial charge in [0.05, 0.1) is 25.6 Å². The fourth-order valence-electron chi connectivity index (χ4n) is 2.88. The van der Waals surface area contributed by atoms with Crippen LogP contribution in [0.1, 0.15) is 32.8 Å². The van der Waals surface area contributed by atoms with Crippen molar-refractivity contribution in [3.8, 4) is 0 Å². The number of nitrogens with zero attached hydrogens (tertiary/aromatic N) is 2. The van der Waals surface area contributed by atoms with Crippen LogP contribution in [0, 0.1) is 5.41 Å². The molecule has 0 saturated carbocycles. The van der Waals surface area contributed by atoms with E-state index in [2.05, 4.69) is 50.0 Å². The van der Waals surface area contributed by atoms with Gasteiger partial charge in [0.1, 0.15) is 0 Å². The average molecular weight is 314 g/mol. The van der Waals surface area contributed by atoms with Crippen LogP contribution in [-0.4, -0.2) is 28.0 Å². The Bertz CT molecular complexity index is 610. The summed E-state index contributed by atoms with van der Waals surface area (Å²) in [5.41, 5.74) is 1.34. The second-order valence-electron chi connectivity index (χ2n) is 7.17. The van der Waals surface area contributed by atoms with E-state index in [4.69, 9.17) is 9.47 Å². The lowest BCUT2D eigenvalue weighted by molar-refractivity contribution is -0.332. The van der Waals surface area contributed by atoms with Crippen LogP contribution < -0.4 is 0 Å². The highest BCUT2D eigenvalue weighted by Gasteiger charge is 2.44. The van der Waals surface area contributed by atoms with Crippen molar-refractivity contribution in [2.75, 3.05) is 6.61 Å². The van der Waals surface area contributed by atoms with E-state index >= 15 is 0 Å². The minimum absolute atomic E-state index is 0.0329. The lowest BCUT2D eigenvalue weighted by Crippen LogP contribution is -2.54. The van der Waals surface area contributed by atoms with Gasteiger partial charge in [-0.05, 0) is 18.9 Å². The molecule has 0 radical (unpaired) electrons. The number of hydrogen-bond donors (Lipinski definition) is 0. The summed E-state index contributed by atoms with van der Waals surface area (Å²) in [4.78, 5) is 4.14. The Labute approximate surface area is 138 Å². The lowest BCUT2D eigenvalue weighted by Gasteiger charge is -2.47. The Morgan fingerprint density at radius 3 is 2.70 bits per heavy atom. The van der Waals surface area contributed by atoms with Gasteiger partial charge in [0.2, 0.25) is 0 Å². The number of hydrogen-bond acceptors (Lipinski definition) is 3. The van der Waals surface area contributed by atoms with Crippen molar-refractivity contribution in [2.24, 2.45) is 5.41 Å². The summed E-state index contributed by atoms with van der Waals surface area (Å²) in [5, 5.41) is 0. The van der Waals surface area contributed by atoms with Gasteiger partial charge in [-0.2, -0.15) is 0 Å². The molecule has 1 aromatic heterocycles. The lowest BCUT2D eigenvalue weighted by atomic mass is 9.86. The van der Waals surface area contributed by atoms with Gasteiger partial charge >= 0.3 is 0 Å². The first-order valence-electron chi connectivity index (χ1n) is 8.31. The predicted octanol–water partition coefficient (Wildman–Crippen LogP) is 3.67. The number of benzene rings is 1. The molecule has 1 aliphatic rings. The van der Waals surface area contributed by atoms with E-state index in [-0.39, 0.29) is 11.5 Å². The van der Waals surface area contributed by atoms with Gasteiger partial charge in [0, 0.05) is 24.2 Å². The number of ether oxygens (including phenoxy) is 2. The highest BCUT2D eigenvalue weighted by molar-refractivity contribution is 5.15. The van der Waals surface area contributed by atoms with Gasteiger partial charge in [0.25, 0.3) is 0 Å². The van der Waals surface area contributed by atoms with Crippen LogP contribution in [0.25, 0.3) is 0 Å². The smallest absolute Gasteiger partial charge is 0.186 e. The van der Waals surface area contributed by atoms with Gasteiger partial charge in [-0.15, -0.1) is 0 Å². The van der Waals surface area contributed by atoms with Crippen molar-refractivity contribution in [1.29, 1.82) is 0 Å². The molecule has 4 nitrogen and oxygen atoms in total. The van der Waals surface area contributed by atoms with Gasteiger partial charge in [-0.3, -0.25) is 0 Å². The van der Waals surface area contributed by atoms with Crippen molar-refractivity contribution in [3.63, 3.8) is 0 Å². The molecule has 0 aliphatic carbocycles. The summed E-state index contributed by atoms with van der Waals surface area (Å²) >= 11 is 0. The molecule has 124 valence electrons. The first kappa shape index (κ1) is 16.2. The van der Waals surface area contributed by atoms with Crippen LogP contribution >= 0.6 is 0 Å². The zero-order valence-corrected chi connectivity index (χ0v) is 14.2. The maximum atomic E-state index is 6.41. The number of imidazole rings is 1. The van der Waals surface area contributed by atoms with Crippen LogP contribution in [-0.2, 0) is 22.4 Å². The normalized spacial score (nSPS) is 27.0. The number of rotatable bonds is 5.